The van der Waals surface area contributed by atoms with E-state index in [2.05, 4.69) is 30.7 Å². The van der Waals surface area contributed by atoms with Gasteiger partial charge in [-0.1, -0.05) is 17.7 Å². The van der Waals surface area contributed by atoms with Gasteiger partial charge in [0, 0.05) is 5.56 Å². The van der Waals surface area contributed by atoms with Crippen molar-refractivity contribution in [3.05, 3.63) is 60.4 Å². The van der Waals surface area contributed by atoms with Gasteiger partial charge in [0.15, 0.2) is 5.65 Å². The van der Waals surface area contributed by atoms with Crippen molar-refractivity contribution < 1.29 is 31.5 Å². The van der Waals surface area contributed by atoms with E-state index in [1.807, 2.05) is 35.9 Å². The van der Waals surface area contributed by atoms with Crippen LogP contribution < -0.4 is 10.5 Å². The summed E-state index contributed by atoms with van der Waals surface area (Å²) in [5.41, 5.74) is 9.20. The smallest absolute Gasteiger partial charge is 0.297 e. The zero-order valence-corrected chi connectivity index (χ0v) is 25.8. The average molecular weight is 614 g/mol. The van der Waals surface area contributed by atoms with Gasteiger partial charge in [-0.15, -0.1) is 0 Å². The SMILES string of the molecule is Cc1ccc(S(=O)(=O)OCCOCCOCCOCCOc2ccc(-c3nn(C(C)(C)C)c4ncnc(N)c34)cc2)cc1. The fraction of sp³-hybridized carbons (Fsp3) is 0.433. The Labute approximate surface area is 252 Å². The summed E-state index contributed by atoms with van der Waals surface area (Å²) in [4.78, 5) is 8.70. The standard InChI is InChI=1S/C30H39N5O7S/c1-22-5-11-25(12-6-22)43(36,37)42-20-18-40-16-14-38-13-15-39-17-19-41-24-9-7-23(8-10-24)27-26-28(31)32-21-33-29(26)35(34-27)30(2,3)4/h5-12,21H,13-20H2,1-4H3,(H2,31,32,33). The highest BCUT2D eigenvalue weighted by Crippen LogP contribution is 2.33. The molecule has 0 saturated heterocycles. The van der Waals surface area contributed by atoms with Gasteiger partial charge in [-0.3, -0.25) is 4.18 Å². The maximum atomic E-state index is 12.1. The molecule has 0 spiro atoms. The van der Waals surface area contributed by atoms with Crippen LogP contribution in [0.15, 0.2) is 59.8 Å². The number of nitrogens with zero attached hydrogens (tertiary/aromatic N) is 4. The van der Waals surface area contributed by atoms with Crippen LogP contribution in [0.5, 0.6) is 5.75 Å². The molecule has 4 aromatic rings. The van der Waals surface area contributed by atoms with Gasteiger partial charge in [0.1, 0.15) is 30.2 Å². The topological polar surface area (TPSA) is 150 Å². The number of hydrogen-bond donors (Lipinski definition) is 1. The van der Waals surface area contributed by atoms with E-state index in [1.54, 1.807) is 12.1 Å². The second-order valence-corrected chi connectivity index (χ2v) is 12.3. The van der Waals surface area contributed by atoms with E-state index in [1.165, 1.54) is 18.5 Å². The van der Waals surface area contributed by atoms with Crippen LogP contribution in [0.2, 0.25) is 0 Å². The molecule has 4 rings (SSSR count). The number of nitrogen functional groups attached to an aromatic ring is 1. The number of hydrogen-bond acceptors (Lipinski definition) is 11. The number of aromatic nitrogens is 4. The van der Waals surface area contributed by atoms with Gasteiger partial charge in [-0.05, 0) is 64.1 Å². The van der Waals surface area contributed by atoms with E-state index in [9.17, 15) is 8.42 Å². The third-order valence-electron chi connectivity index (χ3n) is 6.27. The van der Waals surface area contributed by atoms with Crippen molar-refractivity contribution in [1.29, 1.82) is 0 Å². The monoisotopic (exact) mass is 613 g/mol. The summed E-state index contributed by atoms with van der Waals surface area (Å²) in [7, 11) is -3.78. The van der Waals surface area contributed by atoms with Crippen molar-refractivity contribution in [1.82, 2.24) is 19.7 Å². The molecule has 0 aliphatic carbocycles. The minimum atomic E-state index is -3.78. The first-order chi connectivity index (χ1) is 20.6. The van der Waals surface area contributed by atoms with Crippen LogP contribution in [0.3, 0.4) is 0 Å². The molecule has 2 aromatic carbocycles. The van der Waals surface area contributed by atoms with Crippen molar-refractivity contribution in [3.8, 4) is 17.0 Å². The van der Waals surface area contributed by atoms with Crippen LogP contribution in [0.4, 0.5) is 5.82 Å². The minimum Gasteiger partial charge on any atom is -0.491 e. The number of rotatable bonds is 16. The Morgan fingerprint density at radius 3 is 1.98 bits per heavy atom. The Balaban J connectivity index is 1.08. The Hall–Kier alpha value is -3.62. The van der Waals surface area contributed by atoms with Crippen molar-refractivity contribution >= 4 is 27.0 Å². The number of aryl methyl sites for hydroxylation is 1. The molecule has 232 valence electrons. The molecule has 0 fully saturated rings. The Morgan fingerprint density at radius 2 is 1.37 bits per heavy atom. The predicted octanol–water partition coefficient (Wildman–Crippen LogP) is 3.97. The molecule has 0 radical (unpaired) electrons. The lowest BCUT2D eigenvalue weighted by molar-refractivity contribution is 0.00528. The van der Waals surface area contributed by atoms with Crippen LogP contribution in [0, 0.1) is 6.92 Å². The van der Waals surface area contributed by atoms with Crippen molar-refractivity contribution in [2.45, 2.75) is 38.1 Å². The summed E-state index contributed by atoms with van der Waals surface area (Å²) >= 11 is 0. The highest BCUT2D eigenvalue weighted by Gasteiger charge is 2.23. The molecular formula is C30H39N5O7S. The molecule has 2 N–H and O–H groups in total. The first-order valence-electron chi connectivity index (χ1n) is 14.0. The van der Waals surface area contributed by atoms with Gasteiger partial charge < -0.3 is 24.7 Å². The normalized spacial score (nSPS) is 12.2. The largest absolute Gasteiger partial charge is 0.491 e. The molecular weight excluding hydrogens is 574 g/mol. The predicted molar refractivity (Wildman–Crippen MR) is 162 cm³/mol. The molecule has 0 aliphatic rings. The minimum absolute atomic E-state index is 0.0653. The third-order valence-corrected chi connectivity index (χ3v) is 7.60. The lowest BCUT2D eigenvalue weighted by atomic mass is 10.1. The Bertz CT molecular complexity index is 1570. The van der Waals surface area contributed by atoms with E-state index >= 15 is 0 Å². The van der Waals surface area contributed by atoms with E-state index in [-0.39, 0.29) is 23.6 Å². The lowest BCUT2D eigenvalue weighted by Gasteiger charge is -2.19. The van der Waals surface area contributed by atoms with Crippen LogP contribution in [0.25, 0.3) is 22.3 Å². The van der Waals surface area contributed by atoms with Crippen molar-refractivity contribution in [2.75, 3.05) is 58.6 Å². The molecule has 0 bridgehead atoms. The number of fused-ring (bicyclic) bond motifs is 1. The molecule has 13 heteroatoms. The van der Waals surface area contributed by atoms with Gasteiger partial charge >= 0.3 is 0 Å². The quantitative estimate of drug-likeness (QED) is 0.144. The molecule has 0 unspecified atom stereocenters. The van der Waals surface area contributed by atoms with Crippen LogP contribution in [-0.2, 0) is 34.1 Å². The number of anilines is 1. The lowest BCUT2D eigenvalue weighted by Crippen LogP contribution is -2.23. The van der Waals surface area contributed by atoms with Crippen molar-refractivity contribution in [3.63, 3.8) is 0 Å². The van der Waals surface area contributed by atoms with Crippen LogP contribution in [-0.4, -0.2) is 81.0 Å². The summed E-state index contributed by atoms with van der Waals surface area (Å²) in [6.07, 6.45) is 1.45. The van der Waals surface area contributed by atoms with Gasteiger partial charge in [0.2, 0.25) is 0 Å². The van der Waals surface area contributed by atoms with Crippen molar-refractivity contribution in [2.24, 2.45) is 0 Å². The number of benzene rings is 2. The van der Waals surface area contributed by atoms with Gasteiger partial charge in [0.25, 0.3) is 10.1 Å². The molecule has 0 atom stereocenters. The summed E-state index contributed by atoms with van der Waals surface area (Å²) in [6.45, 7) is 10.4. The highest BCUT2D eigenvalue weighted by atomic mass is 32.2. The number of ether oxygens (including phenoxy) is 4. The van der Waals surface area contributed by atoms with Gasteiger partial charge in [-0.2, -0.15) is 13.5 Å². The first kappa shape index (κ1) is 32.3. The summed E-state index contributed by atoms with van der Waals surface area (Å²) in [5, 5.41) is 5.53. The fourth-order valence-electron chi connectivity index (χ4n) is 4.09. The first-order valence-corrected chi connectivity index (χ1v) is 15.4. The van der Waals surface area contributed by atoms with E-state index < -0.39 is 10.1 Å². The number of nitrogens with two attached hydrogens (primary N) is 1. The van der Waals surface area contributed by atoms with Crippen LogP contribution >= 0.6 is 0 Å². The zero-order valence-electron chi connectivity index (χ0n) is 25.0. The zero-order chi connectivity index (χ0) is 30.9. The molecule has 0 saturated carbocycles. The third kappa shape index (κ3) is 8.94. The maximum absolute atomic E-state index is 12.1. The van der Waals surface area contributed by atoms with Gasteiger partial charge in [-0.25, -0.2) is 14.6 Å². The van der Waals surface area contributed by atoms with E-state index in [4.69, 9.17) is 34.0 Å². The molecule has 12 nitrogen and oxygen atoms in total. The summed E-state index contributed by atoms with van der Waals surface area (Å²) in [5.74, 6) is 1.10. The Kier molecular flexibility index (Phi) is 11.0. The van der Waals surface area contributed by atoms with Crippen LogP contribution in [0.1, 0.15) is 26.3 Å². The second kappa shape index (κ2) is 14.7. The Morgan fingerprint density at radius 1 is 0.791 bits per heavy atom. The van der Waals surface area contributed by atoms with Gasteiger partial charge in [0.05, 0.1) is 62.1 Å². The average Bonchev–Trinajstić information content (AvgIpc) is 3.38. The molecule has 0 amide bonds. The molecule has 2 heterocycles. The molecule has 2 aromatic heterocycles. The molecule has 0 aliphatic heterocycles. The maximum Gasteiger partial charge on any atom is 0.297 e. The molecule has 43 heavy (non-hydrogen) atoms. The second-order valence-electron chi connectivity index (χ2n) is 10.7. The highest BCUT2D eigenvalue weighted by molar-refractivity contribution is 7.86. The summed E-state index contributed by atoms with van der Waals surface area (Å²) in [6, 6.07) is 14.1. The fourth-order valence-corrected chi connectivity index (χ4v) is 4.98. The van der Waals surface area contributed by atoms with E-state index in [0.717, 1.165) is 22.2 Å². The van der Waals surface area contributed by atoms with E-state index in [0.29, 0.717) is 56.9 Å². The summed E-state index contributed by atoms with van der Waals surface area (Å²) < 4.78 is 53.3.